The molecule has 10 nitrogen and oxygen atoms in total. The fourth-order valence-electron chi connectivity index (χ4n) is 5.06. The Balaban J connectivity index is 1.36. The van der Waals surface area contributed by atoms with Crippen LogP contribution in [0.1, 0.15) is 58.3 Å². The highest BCUT2D eigenvalue weighted by Gasteiger charge is 2.34. The fraction of sp³-hybridized carbons (Fsp3) is 0.310. The summed E-state index contributed by atoms with van der Waals surface area (Å²) in [5.74, 6) is 0.395. The second-order valence-corrected chi connectivity index (χ2v) is 11.4. The molecule has 1 aliphatic rings. The number of benzene rings is 1. The van der Waals surface area contributed by atoms with Gasteiger partial charge in [-0.05, 0) is 56.9 Å². The lowest BCUT2D eigenvalue weighted by molar-refractivity contribution is 0.0735. The van der Waals surface area contributed by atoms with Crippen LogP contribution in [0, 0.1) is 6.92 Å². The van der Waals surface area contributed by atoms with Crippen molar-refractivity contribution in [3.8, 4) is 23.0 Å². The van der Waals surface area contributed by atoms with Crippen LogP contribution in [0.4, 0.5) is 0 Å². The van der Waals surface area contributed by atoms with Crippen LogP contribution < -0.4 is 5.73 Å². The summed E-state index contributed by atoms with van der Waals surface area (Å²) >= 11 is 1.60. The van der Waals surface area contributed by atoms with Crippen molar-refractivity contribution in [2.45, 2.75) is 44.7 Å². The third-order valence-electron chi connectivity index (χ3n) is 7.03. The number of nitrogens with two attached hydrogens (primary N) is 1. The van der Waals surface area contributed by atoms with Crippen LogP contribution in [0.3, 0.4) is 0 Å². The predicted molar refractivity (Wildman–Crippen MR) is 151 cm³/mol. The zero-order valence-electron chi connectivity index (χ0n) is 22.6. The molecule has 0 radical (unpaired) electrons. The Bertz CT molecular complexity index is 1660. The molecule has 0 bridgehead atoms. The van der Waals surface area contributed by atoms with Crippen LogP contribution in [0.15, 0.2) is 64.5 Å². The van der Waals surface area contributed by atoms with E-state index in [1.54, 1.807) is 28.2 Å². The fourth-order valence-corrected chi connectivity index (χ4v) is 6.00. The largest absolute Gasteiger partial charge is 0.417 e. The summed E-state index contributed by atoms with van der Waals surface area (Å²) in [6.45, 7) is 4.49. The van der Waals surface area contributed by atoms with Gasteiger partial charge in [-0.15, -0.1) is 21.5 Å². The summed E-state index contributed by atoms with van der Waals surface area (Å²) in [7, 11) is 1.84. The maximum atomic E-state index is 13.9. The van der Waals surface area contributed by atoms with Crippen molar-refractivity contribution in [1.82, 2.24) is 34.8 Å². The molecule has 5 heterocycles. The second-order valence-electron chi connectivity index (χ2n) is 10.5. The van der Waals surface area contributed by atoms with Crippen LogP contribution in [-0.4, -0.2) is 47.3 Å². The van der Waals surface area contributed by atoms with Crippen molar-refractivity contribution < 1.29 is 9.21 Å². The highest BCUT2D eigenvalue weighted by molar-refractivity contribution is 7.09. The number of nitrogens with zero attached hydrogens (tertiary/aromatic N) is 7. The Morgan fingerprint density at radius 2 is 1.93 bits per heavy atom. The van der Waals surface area contributed by atoms with Gasteiger partial charge in [-0.3, -0.25) is 9.48 Å². The Morgan fingerprint density at radius 1 is 1.12 bits per heavy atom. The standard InChI is InChI=1S/C29H30N8O2S/c1-18-17-40-26(31-18)24-10-7-12-37(24)27(38)20-14-22(21-11-13-36(3)35-21)32-23(15-20)25-33-34-28(39-25)29(2,30)16-19-8-5-4-6-9-19/h4-6,8-9,11,13-15,17,24H,7,10,12,16,30H2,1-3H3/t24-,29+/m1/s1. The lowest BCUT2D eigenvalue weighted by Gasteiger charge is -2.23. The third-order valence-corrected chi connectivity index (χ3v) is 8.09. The number of likely N-dealkylation sites (tertiary alicyclic amines) is 1. The first-order chi connectivity index (χ1) is 19.3. The summed E-state index contributed by atoms with van der Waals surface area (Å²) in [6, 6.07) is 15.2. The first kappa shape index (κ1) is 26.0. The molecule has 204 valence electrons. The number of aryl methyl sites for hydroxylation is 2. The molecule has 4 aromatic heterocycles. The van der Waals surface area contributed by atoms with Gasteiger partial charge in [-0.2, -0.15) is 5.10 Å². The molecule has 1 fully saturated rings. The van der Waals surface area contributed by atoms with Crippen molar-refractivity contribution in [3.63, 3.8) is 0 Å². The number of amides is 1. The number of carbonyl (C=O) groups excluding carboxylic acids is 1. The number of pyridine rings is 1. The Kier molecular flexibility index (Phi) is 6.77. The first-order valence-electron chi connectivity index (χ1n) is 13.2. The Labute approximate surface area is 235 Å². The minimum atomic E-state index is -0.890. The first-order valence-corrected chi connectivity index (χ1v) is 14.1. The SMILES string of the molecule is Cc1csc([C@H]2CCCN2C(=O)c2cc(-c3ccn(C)n3)nc(-c3nnc([C@@](C)(N)Cc4ccccc4)o3)c2)n1. The van der Waals surface area contributed by atoms with Crippen molar-refractivity contribution in [2.75, 3.05) is 6.54 Å². The molecule has 6 rings (SSSR count). The minimum Gasteiger partial charge on any atom is -0.417 e. The van der Waals surface area contributed by atoms with Crippen molar-refractivity contribution in [3.05, 3.63) is 87.8 Å². The third kappa shape index (κ3) is 5.17. The lowest BCUT2D eigenvalue weighted by Crippen LogP contribution is -2.35. The van der Waals surface area contributed by atoms with E-state index in [4.69, 9.17) is 15.1 Å². The van der Waals surface area contributed by atoms with Crippen LogP contribution in [0.2, 0.25) is 0 Å². The smallest absolute Gasteiger partial charge is 0.266 e. The van der Waals surface area contributed by atoms with E-state index in [1.807, 2.05) is 73.8 Å². The average molecular weight is 555 g/mol. The van der Waals surface area contributed by atoms with Crippen molar-refractivity contribution in [1.29, 1.82) is 0 Å². The number of hydrogen-bond donors (Lipinski definition) is 1. The number of rotatable bonds is 7. The molecular weight excluding hydrogens is 524 g/mol. The Morgan fingerprint density at radius 3 is 2.65 bits per heavy atom. The van der Waals surface area contributed by atoms with Crippen LogP contribution >= 0.6 is 11.3 Å². The zero-order valence-corrected chi connectivity index (χ0v) is 23.4. The number of aromatic nitrogens is 6. The number of hydrogen-bond acceptors (Lipinski definition) is 9. The maximum absolute atomic E-state index is 13.9. The lowest BCUT2D eigenvalue weighted by atomic mass is 9.94. The molecule has 40 heavy (non-hydrogen) atoms. The highest BCUT2D eigenvalue weighted by Crippen LogP contribution is 2.36. The van der Waals surface area contributed by atoms with Gasteiger partial charge in [0.15, 0.2) is 0 Å². The maximum Gasteiger partial charge on any atom is 0.266 e. The quantitative estimate of drug-likeness (QED) is 0.307. The topological polar surface area (TPSA) is 129 Å². The molecule has 1 amide bonds. The molecule has 11 heteroatoms. The molecular formula is C29H30N8O2S. The van der Waals surface area contributed by atoms with Gasteiger partial charge in [0.25, 0.3) is 11.8 Å². The van der Waals surface area contributed by atoms with E-state index in [0.29, 0.717) is 41.5 Å². The summed E-state index contributed by atoms with van der Waals surface area (Å²) in [5.41, 5.74) is 9.81. The minimum absolute atomic E-state index is 0.0490. The van der Waals surface area contributed by atoms with Gasteiger partial charge in [-0.1, -0.05) is 30.3 Å². The van der Waals surface area contributed by atoms with Gasteiger partial charge in [0.1, 0.15) is 16.4 Å². The van der Waals surface area contributed by atoms with E-state index in [1.165, 1.54) is 0 Å². The summed E-state index contributed by atoms with van der Waals surface area (Å²) in [4.78, 5) is 25.3. The predicted octanol–water partition coefficient (Wildman–Crippen LogP) is 4.69. The molecule has 0 aliphatic carbocycles. The van der Waals surface area contributed by atoms with Crippen molar-refractivity contribution >= 4 is 17.2 Å². The average Bonchev–Trinajstić information content (AvgIpc) is 3.75. The highest BCUT2D eigenvalue weighted by atomic mass is 32.1. The van der Waals surface area contributed by atoms with E-state index in [-0.39, 0.29) is 17.8 Å². The van der Waals surface area contributed by atoms with E-state index in [9.17, 15) is 4.79 Å². The van der Waals surface area contributed by atoms with Crippen LogP contribution in [-0.2, 0) is 19.0 Å². The summed E-state index contributed by atoms with van der Waals surface area (Å²) in [6.07, 6.45) is 4.16. The number of carbonyl (C=O) groups is 1. The second kappa shape index (κ2) is 10.4. The summed E-state index contributed by atoms with van der Waals surface area (Å²) < 4.78 is 7.78. The Hall–Kier alpha value is -4.22. The van der Waals surface area contributed by atoms with Crippen molar-refractivity contribution in [2.24, 2.45) is 12.8 Å². The molecule has 2 atom stereocenters. The molecule has 1 saturated heterocycles. The molecule has 1 aliphatic heterocycles. The van der Waals surface area contributed by atoms with Gasteiger partial charge in [0, 0.05) is 36.4 Å². The van der Waals surface area contributed by atoms with Gasteiger partial charge < -0.3 is 15.1 Å². The van der Waals surface area contributed by atoms with E-state index in [0.717, 1.165) is 29.1 Å². The molecule has 0 unspecified atom stereocenters. The molecule has 0 saturated carbocycles. The molecule has 5 aromatic rings. The van der Waals surface area contributed by atoms with E-state index >= 15 is 0 Å². The normalized spacial score (nSPS) is 16.8. The zero-order chi connectivity index (χ0) is 27.9. The molecule has 0 spiro atoms. The molecule has 1 aromatic carbocycles. The monoisotopic (exact) mass is 554 g/mol. The van der Waals surface area contributed by atoms with E-state index in [2.05, 4.69) is 20.3 Å². The van der Waals surface area contributed by atoms with Gasteiger partial charge >= 0.3 is 0 Å². The van der Waals surface area contributed by atoms with Gasteiger partial charge in [0.05, 0.1) is 17.3 Å². The van der Waals surface area contributed by atoms with E-state index < -0.39 is 5.54 Å². The van der Waals surface area contributed by atoms with Gasteiger partial charge in [-0.25, -0.2) is 9.97 Å². The van der Waals surface area contributed by atoms with Crippen LogP contribution in [0.25, 0.3) is 23.0 Å². The number of thiazole rings is 1. The van der Waals surface area contributed by atoms with Crippen LogP contribution in [0.5, 0.6) is 0 Å². The molecule has 2 N–H and O–H groups in total. The summed E-state index contributed by atoms with van der Waals surface area (Å²) in [5, 5.41) is 16.0. The van der Waals surface area contributed by atoms with Gasteiger partial charge in [0.2, 0.25) is 5.89 Å².